The van der Waals surface area contributed by atoms with Crippen LogP contribution in [-0.4, -0.2) is 19.5 Å². The normalized spacial score (nSPS) is 19.9. The van der Waals surface area contributed by atoms with Crippen LogP contribution in [0.2, 0.25) is 0 Å². The van der Waals surface area contributed by atoms with Crippen molar-refractivity contribution in [2.75, 3.05) is 13.7 Å². The van der Waals surface area contributed by atoms with E-state index in [1.807, 2.05) is 0 Å². The zero-order valence-electron chi connectivity index (χ0n) is 9.42. The molecule has 0 spiro atoms. The summed E-state index contributed by atoms with van der Waals surface area (Å²) in [4.78, 5) is 11.6. The van der Waals surface area contributed by atoms with Crippen LogP contribution in [0.1, 0.15) is 45.4 Å². The van der Waals surface area contributed by atoms with Crippen molar-refractivity contribution in [1.82, 2.24) is 0 Å². The van der Waals surface area contributed by atoms with E-state index in [0.29, 0.717) is 30.6 Å². The van der Waals surface area contributed by atoms with Crippen LogP contribution in [0.15, 0.2) is 0 Å². The van der Waals surface area contributed by atoms with Gasteiger partial charge in [-0.2, -0.15) is 0 Å². The lowest BCUT2D eigenvalue weighted by Crippen LogP contribution is -2.12. The van der Waals surface area contributed by atoms with E-state index < -0.39 is 0 Å². The standard InChI is InChI=1S/C12H22O2/c1-10(9-14-2)7-12(13)8-11-5-3-4-6-11/h10-11H,3-9H2,1-2H3. The fraction of sp³-hybridized carbons (Fsp3) is 0.917. The lowest BCUT2D eigenvalue weighted by molar-refractivity contribution is -0.121. The summed E-state index contributed by atoms with van der Waals surface area (Å²) in [7, 11) is 1.69. The molecule has 2 nitrogen and oxygen atoms in total. The molecule has 0 aromatic heterocycles. The van der Waals surface area contributed by atoms with Gasteiger partial charge in [-0.1, -0.05) is 32.6 Å². The lowest BCUT2D eigenvalue weighted by atomic mass is 9.96. The van der Waals surface area contributed by atoms with Crippen molar-refractivity contribution in [3.05, 3.63) is 0 Å². The van der Waals surface area contributed by atoms with Crippen molar-refractivity contribution in [3.8, 4) is 0 Å². The van der Waals surface area contributed by atoms with Gasteiger partial charge in [-0.05, 0) is 11.8 Å². The largest absolute Gasteiger partial charge is 0.384 e. The molecule has 1 aliphatic rings. The highest BCUT2D eigenvalue weighted by Crippen LogP contribution is 2.28. The van der Waals surface area contributed by atoms with Crippen LogP contribution in [-0.2, 0) is 9.53 Å². The predicted octanol–water partition coefficient (Wildman–Crippen LogP) is 2.81. The average molecular weight is 198 g/mol. The number of ether oxygens (including phenoxy) is 1. The highest BCUT2D eigenvalue weighted by molar-refractivity contribution is 5.78. The van der Waals surface area contributed by atoms with E-state index in [4.69, 9.17) is 4.74 Å². The molecule has 0 aliphatic heterocycles. The number of rotatable bonds is 6. The molecule has 1 aliphatic carbocycles. The van der Waals surface area contributed by atoms with E-state index in [1.54, 1.807) is 7.11 Å². The smallest absolute Gasteiger partial charge is 0.133 e. The maximum absolute atomic E-state index is 11.6. The van der Waals surface area contributed by atoms with Crippen LogP contribution in [0.25, 0.3) is 0 Å². The highest BCUT2D eigenvalue weighted by atomic mass is 16.5. The second-order valence-electron chi connectivity index (χ2n) is 4.66. The Labute approximate surface area is 87.0 Å². The van der Waals surface area contributed by atoms with Crippen molar-refractivity contribution in [1.29, 1.82) is 0 Å². The molecule has 0 bridgehead atoms. The van der Waals surface area contributed by atoms with Crippen LogP contribution >= 0.6 is 0 Å². The summed E-state index contributed by atoms with van der Waals surface area (Å²) >= 11 is 0. The Morgan fingerprint density at radius 3 is 2.64 bits per heavy atom. The fourth-order valence-corrected chi connectivity index (χ4v) is 2.35. The number of carbonyl (C=O) groups excluding carboxylic acids is 1. The summed E-state index contributed by atoms with van der Waals surface area (Å²) in [5.74, 6) is 1.51. The number of methoxy groups -OCH3 is 1. The first-order chi connectivity index (χ1) is 6.72. The summed E-state index contributed by atoms with van der Waals surface area (Å²) in [5.41, 5.74) is 0. The van der Waals surface area contributed by atoms with E-state index in [2.05, 4.69) is 6.92 Å². The monoisotopic (exact) mass is 198 g/mol. The van der Waals surface area contributed by atoms with Gasteiger partial charge in [-0.25, -0.2) is 0 Å². The minimum atomic E-state index is 0.383. The van der Waals surface area contributed by atoms with Crippen LogP contribution in [0.4, 0.5) is 0 Å². The molecule has 0 aromatic carbocycles. The summed E-state index contributed by atoms with van der Waals surface area (Å²) < 4.78 is 5.02. The minimum Gasteiger partial charge on any atom is -0.384 e. The third kappa shape index (κ3) is 4.23. The van der Waals surface area contributed by atoms with Gasteiger partial charge in [0.05, 0.1) is 0 Å². The number of ketones is 1. The molecule has 0 N–H and O–H groups in total. The van der Waals surface area contributed by atoms with Gasteiger partial charge in [0.25, 0.3) is 0 Å². The molecule has 1 fully saturated rings. The summed E-state index contributed by atoms with van der Waals surface area (Å²) in [5, 5.41) is 0. The van der Waals surface area contributed by atoms with Crippen LogP contribution in [0, 0.1) is 11.8 Å². The molecule has 82 valence electrons. The van der Waals surface area contributed by atoms with Gasteiger partial charge < -0.3 is 4.74 Å². The summed E-state index contributed by atoms with van der Waals surface area (Å²) in [6.07, 6.45) is 6.70. The molecule has 0 heterocycles. The third-order valence-corrected chi connectivity index (χ3v) is 3.02. The van der Waals surface area contributed by atoms with Gasteiger partial charge in [0.2, 0.25) is 0 Å². The van der Waals surface area contributed by atoms with E-state index in [1.165, 1.54) is 25.7 Å². The zero-order valence-corrected chi connectivity index (χ0v) is 9.42. The van der Waals surface area contributed by atoms with Crippen LogP contribution < -0.4 is 0 Å². The highest BCUT2D eigenvalue weighted by Gasteiger charge is 2.19. The second kappa shape index (κ2) is 6.18. The lowest BCUT2D eigenvalue weighted by Gasteiger charge is -2.11. The van der Waals surface area contributed by atoms with Crippen LogP contribution in [0.5, 0.6) is 0 Å². The quantitative estimate of drug-likeness (QED) is 0.656. The first-order valence-electron chi connectivity index (χ1n) is 5.73. The molecule has 14 heavy (non-hydrogen) atoms. The fourth-order valence-electron chi connectivity index (χ4n) is 2.35. The molecule has 2 heteroatoms. The van der Waals surface area contributed by atoms with Gasteiger partial charge in [-0.3, -0.25) is 4.79 Å². The number of Topliss-reactive ketones (excluding diaryl/α,β-unsaturated/α-hetero) is 1. The summed E-state index contributed by atoms with van der Waals surface area (Å²) in [6, 6.07) is 0. The first-order valence-corrected chi connectivity index (χ1v) is 5.73. The molecule has 1 atom stereocenters. The van der Waals surface area contributed by atoms with E-state index in [9.17, 15) is 4.79 Å². The summed E-state index contributed by atoms with van der Waals surface area (Å²) in [6.45, 7) is 2.78. The second-order valence-corrected chi connectivity index (χ2v) is 4.66. The Morgan fingerprint density at radius 2 is 2.07 bits per heavy atom. The van der Waals surface area contributed by atoms with E-state index >= 15 is 0 Å². The molecule has 0 radical (unpaired) electrons. The van der Waals surface area contributed by atoms with Gasteiger partial charge in [0.1, 0.15) is 5.78 Å². The minimum absolute atomic E-state index is 0.383. The van der Waals surface area contributed by atoms with Crippen molar-refractivity contribution in [3.63, 3.8) is 0 Å². The van der Waals surface area contributed by atoms with Crippen LogP contribution in [0.3, 0.4) is 0 Å². The van der Waals surface area contributed by atoms with Crippen molar-refractivity contribution >= 4 is 5.78 Å². The predicted molar refractivity (Wildman–Crippen MR) is 57.2 cm³/mol. The number of hydrogen-bond acceptors (Lipinski definition) is 2. The molecular formula is C12H22O2. The zero-order chi connectivity index (χ0) is 10.4. The maximum atomic E-state index is 11.6. The van der Waals surface area contributed by atoms with Crippen molar-refractivity contribution in [2.45, 2.75) is 45.4 Å². The Morgan fingerprint density at radius 1 is 1.43 bits per heavy atom. The van der Waals surface area contributed by atoms with Gasteiger partial charge in [-0.15, -0.1) is 0 Å². The molecule has 1 unspecified atom stereocenters. The Bertz CT molecular complexity index is 171. The molecule has 1 rings (SSSR count). The number of carbonyl (C=O) groups is 1. The van der Waals surface area contributed by atoms with Crippen molar-refractivity contribution < 1.29 is 9.53 Å². The molecule has 1 saturated carbocycles. The van der Waals surface area contributed by atoms with Gasteiger partial charge in [0.15, 0.2) is 0 Å². The number of hydrogen-bond donors (Lipinski definition) is 0. The molecular weight excluding hydrogens is 176 g/mol. The molecule has 0 amide bonds. The Hall–Kier alpha value is -0.370. The third-order valence-electron chi connectivity index (χ3n) is 3.02. The first kappa shape index (κ1) is 11.7. The molecule has 0 aromatic rings. The topological polar surface area (TPSA) is 26.3 Å². The average Bonchev–Trinajstić information content (AvgIpc) is 2.56. The SMILES string of the molecule is COCC(C)CC(=O)CC1CCCC1. The van der Waals surface area contributed by atoms with E-state index in [0.717, 1.165) is 6.42 Å². The van der Waals surface area contributed by atoms with E-state index in [-0.39, 0.29) is 0 Å². The Kier molecular flexibility index (Phi) is 5.16. The van der Waals surface area contributed by atoms with Crippen molar-refractivity contribution in [2.24, 2.45) is 11.8 Å². The van der Waals surface area contributed by atoms with Gasteiger partial charge in [0, 0.05) is 26.6 Å². The van der Waals surface area contributed by atoms with Gasteiger partial charge >= 0.3 is 0 Å². The Balaban J connectivity index is 2.14. The molecule has 0 saturated heterocycles. The maximum Gasteiger partial charge on any atom is 0.133 e.